The summed E-state index contributed by atoms with van der Waals surface area (Å²) in [6.07, 6.45) is 0.905. The summed E-state index contributed by atoms with van der Waals surface area (Å²) < 4.78 is 28.7. The van der Waals surface area contributed by atoms with Crippen LogP contribution in [0, 0.1) is 5.92 Å². The second-order valence-electron chi connectivity index (χ2n) is 5.43. The average Bonchev–Trinajstić information content (AvgIpc) is 2.42. The molecule has 2 aromatic rings. The molecule has 0 atom stereocenters. The molecule has 1 heterocycles. The van der Waals surface area contributed by atoms with Gasteiger partial charge in [0, 0.05) is 18.2 Å². The number of rotatable bonds is 5. The highest BCUT2D eigenvalue weighted by Gasteiger charge is 2.15. The Kier molecular flexibility index (Phi) is 4.65. The normalized spacial score (nSPS) is 11.6. The molecule has 0 aliphatic heterocycles. The molecule has 0 aliphatic carbocycles. The van der Waals surface area contributed by atoms with E-state index in [-0.39, 0.29) is 11.7 Å². The predicted molar refractivity (Wildman–Crippen MR) is 84.2 cm³/mol. The van der Waals surface area contributed by atoms with Gasteiger partial charge in [0.15, 0.2) is 0 Å². The van der Waals surface area contributed by atoms with Crippen LogP contribution in [0.15, 0.2) is 41.2 Å². The lowest BCUT2D eigenvalue weighted by atomic mass is 10.1. The Labute approximate surface area is 129 Å². The summed E-state index contributed by atoms with van der Waals surface area (Å²) in [6.45, 7) is 4.26. The largest absolute Gasteiger partial charge is 0.377 e. The second-order valence-corrected chi connectivity index (χ2v) is 7.00. The van der Waals surface area contributed by atoms with E-state index in [9.17, 15) is 13.2 Å². The van der Waals surface area contributed by atoms with E-state index in [1.165, 1.54) is 10.7 Å². The van der Waals surface area contributed by atoms with Crippen LogP contribution in [0.25, 0.3) is 11.3 Å². The van der Waals surface area contributed by atoms with Crippen molar-refractivity contribution in [3.8, 4) is 17.0 Å². The van der Waals surface area contributed by atoms with Gasteiger partial charge in [-0.25, -0.2) is 4.68 Å². The van der Waals surface area contributed by atoms with Crippen LogP contribution >= 0.6 is 0 Å². The van der Waals surface area contributed by atoms with Gasteiger partial charge in [-0.15, -0.1) is 0 Å². The van der Waals surface area contributed by atoms with Crippen LogP contribution in [0.4, 0.5) is 0 Å². The lowest BCUT2D eigenvalue weighted by Crippen LogP contribution is -2.28. The van der Waals surface area contributed by atoms with Crippen LogP contribution in [0.2, 0.25) is 0 Å². The molecule has 0 saturated heterocycles. The van der Waals surface area contributed by atoms with Gasteiger partial charge in [0.2, 0.25) is 5.75 Å². The topological polar surface area (TPSA) is 78.3 Å². The minimum atomic E-state index is -3.78. The molecule has 1 aromatic carbocycles. The van der Waals surface area contributed by atoms with Crippen LogP contribution in [0.1, 0.15) is 13.8 Å². The highest BCUT2D eigenvalue weighted by molar-refractivity contribution is 7.86. The maximum atomic E-state index is 12.3. The maximum Gasteiger partial charge on any atom is 0.310 e. The van der Waals surface area contributed by atoms with Crippen molar-refractivity contribution >= 4 is 10.1 Å². The smallest absolute Gasteiger partial charge is 0.310 e. The molecule has 0 aliphatic rings. The van der Waals surface area contributed by atoms with E-state index in [0.717, 1.165) is 11.8 Å². The Morgan fingerprint density at radius 3 is 2.41 bits per heavy atom. The average molecular weight is 322 g/mol. The van der Waals surface area contributed by atoms with Crippen LogP contribution in [0.3, 0.4) is 0 Å². The molecule has 2 rings (SSSR count). The monoisotopic (exact) mass is 322 g/mol. The molecular weight excluding hydrogens is 304 g/mol. The zero-order valence-electron chi connectivity index (χ0n) is 12.7. The molecule has 0 bridgehead atoms. The first-order chi connectivity index (χ1) is 10.3. The van der Waals surface area contributed by atoms with Crippen molar-refractivity contribution < 1.29 is 12.6 Å². The molecule has 0 unspecified atom stereocenters. The minimum absolute atomic E-state index is 0.183. The lowest BCUT2D eigenvalue weighted by Gasteiger charge is -2.12. The third kappa shape index (κ3) is 4.17. The summed E-state index contributed by atoms with van der Waals surface area (Å²) in [4.78, 5) is 12.3. The quantitative estimate of drug-likeness (QED) is 0.786. The molecule has 0 spiro atoms. The summed E-state index contributed by atoms with van der Waals surface area (Å²) >= 11 is 0. The molecule has 7 heteroatoms. The van der Waals surface area contributed by atoms with Gasteiger partial charge in [-0.2, -0.15) is 13.5 Å². The van der Waals surface area contributed by atoms with E-state index < -0.39 is 15.7 Å². The van der Waals surface area contributed by atoms with Crippen molar-refractivity contribution in [2.45, 2.75) is 20.4 Å². The van der Waals surface area contributed by atoms with Crippen molar-refractivity contribution in [2.24, 2.45) is 5.92 Å². The Morgan fingerprint density at radius 1 is 1.23 bits per heavy atom. The molecular formula is C15H18N2O4S. The summed E-state index contributed by atoms with van der Waals surface area (Å²) in [5.41, 5.74) is 0.705. The fraction of sp³-hybridized carbons (Fsp3) is 0.333. The van der Waals surface area contributed by atoms with Gasteiger partial charge < -0.3 is 4.18 Å². The molecule has 0 radical (unpaired) electrons. The zero-order chi connectivity index (χ0) is 16.3. The van der Waals surface area contributed by atoms with Gasteiger partial charge in [0.25, 0.3) is 0 Å². The summed E-state index contributed by atoms with van der Waals surface area (Å²) in [5.74, 6) is -0.0562. The third-order valence-electron chi connectivity index (χ3n) is 2.79. The van der Waals surface area contributed by atoms with E-state index in [4.69, 9.17) is 4.18 Å². The standard InChI is InChI=1S/C15H18N2O4S/c1-11(2)10-17-15(18)14(21-22(3,19)20)9-13(16-17)12-7-5-4-6-8-12/h4-9,11H,10H2,1-3H3. The van der Waals surface area contributed by atoms with Gasteiger partial charge in [0.1, 0.15) is 0 Å². The van der Waals surface area contributed by atoms with E-state index in [1.54, 1.807) is 0 Å². The maximum absolute atomic E-state index is 12.3. The summed E-state index contributed by atoms with van der Waals surface area (Å²) in [5, 5.41) is 4.30. The van der Waals surface area contributed by atoms with Crippen LogP contribution in [0.5, 0.6) is 5.75 Å². The van der Waals surface area contributed by atoms with Crippen molar-refractivity contribution in [3.63, 3.8) is 0 Å². The Balaban J connectivity index is 2.60. The van der Waals surface area contributed by atoms with Gasteiger partial charge in [-0.1, -0.05) is 44.2 Å². The predicted octanol–water partition coefficient (Wildman–Crippen LogP) is 1.90. The van der Waals surface area contributed by atoms with Crippen molar-refractivity contribution in [2.75, 3.05) is 6.26 Å². The molecule has 118 valence electrons. The first-order valence-electron chi connectivity index (χ1n) is 6.83. The number of hydrogen-bond acceptors (Lipinski definition) is 5. The third-order valence-corrected chi connectivity index (χ3v) is 3.27. The molecule has 22 heavy (non-hydrogen) atoms. The number of nitrogens with zero attached hydrogens (tertiary/aromatic N) is 2. The first-order valence-corrected chi connectivity index (χ1v) is 8.65. The Hall–Kier alpha value is -2.15. The number of aromatic nitrogens is 2. The van der Waals surface area contributed by atoms with Crippen LogP contribution in [-0.2, 0) is 16.7 Å². The molecule has 6 nitrogen and oxygen atoms in total. The molecule has 0 amide bonds. The van der Waals surface area contributed by atoms with Crippen LogP contribution < -0.4 is 9.74 Å². The van der Waals surface area contributed by atoms with E-state index in [1.807, 2.05) is 44.2 Å². The van der Waals surface area contributed by atoms with Gasteiger partial charge >= 0.3 is 15.7 Å². The SMILES string of the molecule is CC(C)Cn1nc(-c2ccccc2)cc(OS(C)(=O)=O)c1=O. The summed E-state index contributed by atoms with van der Waals surface area (Å²) in [7, 11) is -3.78. The van der Waals surface area contributed by atoms with Crippen molar-refractivity contribution in [1.29, 1.82) is 0 Å². The van der Waals surface area contributed by atoms with Gasteiger partial charge in [-0.3, -0.25) is 4.79 Å². The lowest BCUT2D eigenvalue weighted by molar-refractivity contribution is 0.442. The second kappa shape index (κ2) is 6.31. The highest BCUT2D eigenvalue weighted by Crippen LogP contribution is 2.19. The van der Waals surface area contributed by atoms with E-state index in [0.29, 0.717) is 12.2 Å². The molecule has 0 N–H and O–H groups in total. The molecule has 0 saturated carbocycles. The van der Waals surface area contributed by atoms with Crippen molar-refractivity contribution in [3.05, 3.63) is 46.8 Å². The minimum Gasteiger partial charge on any atom is -0.377 e. The van der Waals surface area contributed by atoms with Gasteiger partial charge in [0.05, 0.1) is 11.9 Å². The molecule has 0 fully saturated rings. The summed E-state index contributed by atoms with van der Waals surface area (Å²) in [6, 6.07) is 10.6. The van der Waals surface area contributed by atoms with Crippen molar-refractivity contribution in [1.82, 2.24) is 9.78 Å². The first kappa shape index (κ1) is 16.2. The highest BCUT2D eigenvalue weighted by atomic mass is 32.2. The fourth-order valence-corrected chi connectivity index (χ4v) is 2.41. The number of hydrogen-bond donors (Lipinski definition) is 0. The Bertz CT molecular complexity index is 811. The Morgan fingerprint density at radius 2 is 1.86 bits per heavy atom. The fourth-order valence-electron chi connectivity index (χ4n) is 1.96. The zero-order valence-corrected chi connectivity index (χ0v) is 13.5. The van der Waals surface area contributed by atoms with Gasteiger partial charge in [-0.05, 0) is 5.92 Å². The molecule has 1 aromatic heterocycles. The van der Waals surface area contributed by atoms with Crippen LogP contribution in [-0.4, -0.2) is 24.5 Å². The number of benzene rings is 1. The van der Waals surface area contributed by atoms with E-state index >= 15 is 0 Å². The van der Waals surface area contributed by atoms with E-state index in [2.05, 4.69) is 5.10 Å².